The summed E-state index contributed by atoms with van der Waals surface area (Å²) < 4.78 is 30.4. The first kappa shape index (κ1) is 16.2. The number of ether oxygens (including phenoxy) is 1. The van der Waals surface area contributed by atoms with Gasteiger partial charge in [-0.2, -0.15) is 4.31 Å². The van der Waals surface area contributed by atoms with E-state index in [1.165, 1.54) is 19.2 Å². The number of esters is 1. The number of nitrogens with zero attached hydrogens (tertiary/aromatic N) is 1. The largest absolute Gasteiger partial charge is 0.465 e. The molecule has 2 atom stereocenters. The molecule has 1 aromatic rings. The summed E-state index contributed by atoms with van der Waals surface area (Å²) in [5.74, 6) is -0.690. The van der Waals surface area contributed by atoms with Gasteiger partial charge < -0.3 is 14.9 Å². The van der Waals surface area contributed by atoms with Crippen molar-refractivity contribution in [1.82, 2.24) is 4.31 Å². The van der Waals surface area contributed by atoms with Crippen molar-refractivity contribution < 1.29 is 28.2 Å². The van der Waals surface area contributed by atoms with E-state index in [0.717, 1.165) is 10.4 Å². The van der Waals surface area contributed by atoms with Gasteiger partial charge in [0, 0.05) is 13.1 Å². The van der Waals surface area contributed by atoms with E-state index in [2.05, 4.69) is 4.74 Å². The Morgan fingerprint density at radius 1 is 1.33 bits per heavy atom. The number of benzene rings is 1. The first-order chi connectivity index (χ1) is 9.77. The highest BCUT2D eigenvalue weighted by molar-refractivity contribution is 7.89. The minimum atomic E-state index is -4.03. The second-order valence-electron chi connectivity index (χ2n) is 4.59. The first-order valence-corrected chi connectivity index (χ1v) is 7.83. The van der Waals surface area contributed by atoms with Gasteiger partial charge in [0.25, 0.3) is 0 Å². The van der Waals surface area contributed by atoms with Crippen LogP contribution in [0.5, 0.6) is 0 Å². The topological polar surface area (TPSA) is 104 Å². The monoisotopic (exact) mass is 335 g/mol. The number of sulfonamides is 1. The Bertz CT molecular complexity index is 652. The molecule has 2 N–H and O–H groups in total. The molecule has 116 valence electrons. The van der Waals surface area contributed by atoms with Gasteiger partial charge in [-0.15, -0.1) is 0 Å². The lowest BCUT2D eigenvalue weighted by Gasteiger charge is -2.17. The summed E-state index contributed by atoms with van der Waals surface area (Å²) in [6, 6.07) is 3.74. The predicted molar refractivity (Wildman–Crippen MR) is 73.6 cm³/mol. The van der Waals surface area contributed by atoms with Crippen molar-refractivity contribution in [2.45, 2.75) is 17.1 Å². The molecule has 1 aliphatic rings. The zero-order valence-electron chi connectivity index (χ0n) is 11.1. The highest BCUT2D eigenvalue weighted by Crippen LogP contribution is 2.28. The molecule has 0 radical (unpaired) electrons. The van der Waals surface area contributed by atoms with Crippen LogP contribution in [0.3, 0.4) is 0 Å². The number of hydrogen-bond acceptors (Lipinski definition) is 6. The van der Waals surface area contributed by atoms with Crippen LogP contribution in [0.15, 0.2) is 23.1 Å². The summed E-state index contributed by atoms with van der Waals surface area (Å²) in [7, 11) is -2.85. The standard InChI is InChI=1S/C12H14ClNO6S/c1-20-12(17)7-2-3-8(13)11(4-7)21(18,19)14-5-9(15)10(16)6-14/h2-4,9-10,15-16H,5-6H2,1H3. The van der Waals surface area contributed by atoms with Crippen LogP contribution in [0.1, 0.15) is 10.4 Å². The van der Waals surface area contributed by atoms with Gasteiger partial charge in [-0.1, -0.05) is 11.6 Å². The number of carbonyl (C=O) groups is 1. The van der Waals surface area contributed by atoms with E-state index in [-0.39, 0.29) is 28.6 Å². The fourth-order valence-electron chi connectivity index (χ4n) is 2.02. The minimum absolute atomic E-state index is 0.0424. The summed E-state index contributed by atoms with van der Waals surface area (Å²) in [6.45, 7) is -0.468. The zero-order chi connectivity index (χ0) is 15.8. The molecule has 1 saturated heterocycles. The third kappa shape index (κ3) is 3.04. The lowest BCUT2D eigenvalue weighted by molar-refractivity contribution is 0.0572. The van der Waals surface area contributed by atoms with Crippen molar-refractivity contribution in [3.63, 3.8) is 0 Å². The lowest BCUT2D eigenvalue weighted by Crippen LogP contribution is -2.30. The van der Waals surface area contributed by atoms with Crippen molar-refractivity contribution in [2.24, 2.45) is 0 Å². The lowest BCUT2D eigenvalue weighted by atomic mass is 10.2. The van der Waals surface area contributed by atoms with E-state index in [1.807, 2.05) is 0 Å². The van der Waals surface area contributed by atoms with Crippen LogP contribution in [0.2, 0.25) is 5.02 Å². The van der Waals surface area contributed by atoms with Crippen LogP contribution in [-0.4, -0.2) is 61.3 Å². The molecule has 0 bridgehead atoms. The highest BCUT2D eigenvalue weighted by atomic mass is 35.5. The number of halogens is 1. The van der Waals surface area contributed by atoms with E-state index in [9.17, 15) is 23.4 Å². The molecule has 1 fully saturated rings. The van der Waals surface area contributed by atoms with Crippen molar-refractivity contribution in [1.29, 1.82) is 0 Å². The van der Waals surface area contributed by atoms with Crippen LogP contribution in [0.4, 0.5) is 0 Å². The quantitative estimate of drug-likeness (QED) is 0.745. The average Bonchev–Trinajstić information content (AvgIpc) is 2.79. The van der Waals surface area contributed by atoms with E-state index < -0.39 is 28.2 Å². The van der Waals surface area contributed by atoms with Crippen LogP contribution < -0.4 is 0 Å². The number of carbonyl (C=O) groups excluding carboxylic acids is 1. The molecule has 7 nitrogen and oxygen atoms in total. The van der Waals surface area contributed by atoms with E-state index in [0.29, 0.717) is 0 Å². The van der Waals surface area contributed by atoms with Gasteiger partial charge in [0.05, 0.1) is 29.9 Å². The normalized spacial score (nSPS) is 23.2. The van der Waals surface area contributed by atoms with Gasteiger partial charge in [0.15, 0.2) is 0 Å². The average molecular weight is 336 g/mol. The number of rotatable bonds is 3. The third-order valence-corrected chi connectivity index (χ3v) is 5.51. The Balaban J connectivity index is 2.43. The van der Waals surface area contributed by atoms with Crippen LogP contribution in [-0.2, 0) is 14.8 Å². The first-order valence-electron chi connectivity index (χ1n) is 6.01. The second kappa shape index (κ2) is 5.90. The summed E-state index contributed by atoms with van der Waals surface area (Å²) in [5.41, 5.74) is 0.0424. The molecule has 0 aliphatic carbocycles. The van der Waals surface area contributed by atoms with Crippen LogP contribution >= 0.6 is 11.6 Å². The summed E-state index contributed by atoms with van der Waals surface area (Å²) >= 11 is 5.90. The van der Waals surface area contributed by atoms with E-state index in [1.54, 1.807) is 0 Å². The minimum Gasteiger partial charge on any atom is -0.465 e. The van der Waals surface area contributed by atoms with Crippen molar-refractivity contribution in [2.75, 3.05) is 20.2 Å². The Hall–Kier alpha value is -1.19. The van der Waals surface area contributed by atoms with E-state index in [4.69, 9.17) is 11.6 Å². The molecule has 0 aromatic heterocycles. The third-order valence-electron chi connectivity index (χ3n) is 3.20. The van der Waals surface area contributed by atoms with Gasteiger partial charge in [-0.3, -0.25) is 0 Å². The number of methoxy groups -OCH3 is 1. The molecule has 1 heterocycles. The van der Waals surface area contributed by atoms with Crippen LogP contribution in [0, 0.1) is 0 Å². The summed E-state index contributed by atoms with van der Waals surface area (Å²) in [4.78, 5) is 11.2. The molecule has 2 rings (SSSR count). The molecule has 1 aliphatic heterocycles. The number of hydrogen-bond donors (Lipinski definition) is 2. The molecule has 0 spiro atoms. The summed E-state index contributed by atoms with van der Waals surface area (Å²) in [6.07, 6.45) is -2.30. The van der Waals surface area contributed by atoms with Crippen LogP contribution in [0.25, 0.3) is 0 Å². The maximum atomic E-state index is 12.5. The molecule has 9 heteroatoms. The Labute approximate surface area is 126 Å². The fraction of sp³-hybridized carbons (Fsp3) is 0.417. The van der Waals surface area contributed by atoms with Gasteiger partial charge in [0.1, 0.15) is 4.90 Å². The maximum Gasteiger partial charge on any atom is 0.337 e. The molecule has 21 heavy (non-hydrogen) atoms. The molecule has 0 saturated carbocycles. The zero-order valence-corrected chi connectivity index (χ0v) is 12.6. The fourth-order valence-corrected chi connectivity index (χ4v) is 3.99. The van der Waals surface area contributed by atoms with Crippen molar-refractivity contribution >= 4 is 27.6 Å². The van der Waals surface area contributed by atoms with Crippen molar-refractivity contribution in [3.8, 4) is 0 Å². The number of β-amino-alcohol motifs (C(OH)–C–C–N with tert-alkyl or cyclic N) is 2. The van der Waals surface area contributed by atoms with Gasteiger partial charge in [-0.05, 0) is 18.2 Å². The van der Waals surface area contributed by atoms with Gasteiger partial charge in [-0.25, -0.2) is 13.2 Å². The Morgan fingerprint density at radius 3 is 2.43 bits per heavy atom. The Morgan fingerprint density at radius 2 is 1.90 bits per heavy atom. The highest BCUT2D eigenvalue weighted by Gasteiger charge is 2.38. The second-order valence-corrected chi connectivity index (χ2v) is 6.91. The maximum absolute atomic E-state index is 12.5. The Kier molecular flexibility index (Phi) is 4.54. The molecule has 0 amide bonds. The molecular formula is C12H14ClNO6S. The number of aliphatic hydroxyl groups excluding tert-OH is 2. The summed E-state index contributed by atoms with van der Waals surface area (Å²) in [5, 5.41) is 18.9. The van der Waals surface area contributed by atoms with Gasteiger partial charge >= 0.3 is 5.97 Å². The molecule has 2 unspecified atom stereocenters. The SMILES string of the molecule is COC(=O)c1ccc(Cl)c(S(=O)(=O)N2CC(O)C(O)C2)c1. The number of aliphatic hydroxyl groups is 2. The smallest absolute Gasteiger partial charge is 0.337 e. The molecular weight excluding hydrogens is 322 g/mol. The molecule has 1 aromatic carbocycles. The van der Waals surface area contributed by atoms with Gasteiger partial charge in [0.2, 0.25) is 10.0 Å². The van der Waals surface area contributed by atoms with Crippen molar-refractivity contribution in [3.05, 3.63) is 28.8 Å². The van der Waals surface area contributed by atoms with E-state index >= 15 is 0 Å². The predicted octanol–water partition coefficient (Wildman–Crippen LogP) is -0.147.